The van der Waals surface area contributed by atoms with Gasteiger partial charge in [-0.3, -0.25) is 0 Å². The van der Waals surface area contributed by atoms with Gasteiger partial charge in [0.2, 0.25) is 0 Å². The smallest absolute Gasteiger partial charge is 0.191 e. The van der Waals surface area contributed by atoms with E-state index in [9.17, 15) is 0 Å². The second-order valence-corrected chi connectivity index (χ2v) is 9.34. The third kappa shape index (κ3) is 2.88. The normalized spacial score (nSPS) is 39.0. The van der Waals surface area contributed by atoms with Crippen LogP contribution in [0.2, 0.25) is 0 Å². The quantitative estimate of drug-likeness (QED) is 0.470. The van der Waals surface area contributed by atoms with Crippen LogP contribution in [0.3, 0.4) is 0 Å². The van der Waals surface area contributed by atoms with Gasteiger partial charge in [-0.15, -0.1) is 0 Å². The van der Waals surface area contributed by atoms with Crippen molar-refractivity contribution in [1.29, 1.82) is 0 Å². The molecule has 4 bridgehead atoms. The molecule has 4 aliphatic carbocycles. The van der Waals surface area contributed by atoms with E-state index >= 15 is 0 Å². The molecule has 26 heavy (non-hydrogen) atoms. The van der Waals surface area contributed by atoms with E-state index in [0.29, 0.717) is 0 Å². The third-order valence-electron chi connectivity index (χ3n) is 7.38. The van der Waals surface area contributed by atoms with E-state index in [-0.39, 0.29) is 10.8 Å². The van der Waals surface area contributed by atoms with Gasteiger partial charge in [0.1, 0.15) is 0 Å². The first-order valence-corrected chi connectivity index (χ1v) is 10.3. The monoisotopic (exact) mass is 350 g/mol. The van der Waals surface area contributed by atoms with Gasteiger partial charge in [0.25, 0.3) is 0 Å². The Kier molecular flexibility index (Phi) is 3.92. The zero-order chi connectivity index (χ0) is 17.7. The Morgan fingerprint density at radius 2 is 1.42 bits per heavy atom. The van der Waals surface area contributed by atoms with E-state index in [0.717, 1.165) is 30.6 Å². The average molecular weight is 351 g/mol. The van der Waals surface area contributed by atoms with Crippen LogP contribution in [0.5, 0.6) is 0 Å². The summed E-state index contributed by atoms with van der Waals surface area (Å²) in [4.78, 5) is 0. The van der Waals surface area contributed by atoms with Gasteiger partial charge >= 0.3 is 0 Å². The van der Waals surface area contributed by atoms with Gasteiger partial charge < -0.3 is 9.47 Å². The maximum Gasteiger partial charge on any atom is 0.191 e. The highest BCUT2D eigenvalue weighted by Gasteiger charge is 2.45. The van der Waals surface area contributed by atoms with E-state index in [4.69, 9.17) is 9.47 Å². The zero-order valence-corrected chi connectivity index (χ0v) is 15.8. The van der Waals surface area contributed by atoms with Gasteiger partial charge in [0.15, 0.2) is 5.79 Å². The molecule has 2 saturated carbocycles. The summed E-state index contributed by atoms with van der Waals surface area (Å²) >= 11 is 0. The molecule has 4 aliphatic rings. The summed E-state index contributed by atoms with van der Waals surface area (Å²) < 4.78 is 13.2. The molecule has 0 N–H and O–H groups in total. The minimum absolute atomic E-state index is 0.244. The number of allylic oxidation sites excluding steroid dienone is 2. The predicted molar refractivity (Wildman–Crippen MR) is 104 cm³/mol. The van der Waals surface area contributed by atoms with Crippen molar-refractivity contribution in [1.82, 2.24) is 0 Å². The molecule has 0 radical (unpaired) electrons. The van der Waals surface area contributed by atoms with Gasteiger partial charge in [0.05, 0.1) is 13.2 Å². The van der Waals surface area contributed by atoms with Crippen LogP contribution in [0.15, 0.2) is 54.6 Å². The number of hydrogen-bond acceptors (Lipinski definition) is 2. The highest BCUT2D eigenvalue weighted by molar-refractivity contribution is 5.21. The molecule has 0 heterocycles. The van der Waals surface area contributed by atoms with Crippen molar-refractivity contribution in [2.75, 3.05) is 13.2 Å². The van der Waals surface area contributed by atoms with Crippen molar-refractivity contribution in [2.24, 2.45) is 22.7 Å². The number of ether oxygens (including phenoxy) is 2. The van der Waals surface area contributed by atoms with Crippen molar-refractivity contribution in [3.05, 3.63) is 60.2 Å². The Morgan fingerprint density at radius 1 is 0.885 bits per heavy atom. The van der Waals surface area contributed by atoms with Crippen LogP contribution in [0.4, 0.5) is 0 Å². The van der Waals surface area contributed by atoms with Crippen molar-refractivity contribution in [3.8, 4) is 0 Å². The molecule has 0 saturated heterocycles. The number of hydrogen-bond donors (Lipinski definition) is 0. The minimum atomic E-state index is -0.673. The highest BCUT2D eigenvalue weighted by atomic mass is 16.7. The summed E-state index contributed by atoms with van der Waals surface area (Å²) in [5, 5.41) is 0. The molecule has 138 valence electrons. The summed E-state index contributed by atoms with van der Waals surface area (Å²) in [7, 11) is 0. The first-order valence-electron chi connectivity index (χ1n) is 10.3. The molecule has 2 heteroatoms. The Labute approximate surface area is 157 Å². The average Bonchev–Trinajstić information content (AvgIpc) is 3.47. The molecular weight excluding hydrogens is 320 g/mol. The Hall–Kier alpha value is -1.38. The van der Waals surface area contributed by atoms with Crippen molar-refractivity contribution < 1.29 is 9.47 Å². The second-order valence-electron chi connectivity index (χ2n) is 9.34. The van der Waals surface area contributed by atoms with Crippen molar-refractivity contribution >= 4 is 0 Å². The predicted octanol–water partition coefficient (Wildman–Crippen LogP) is 5.61. The highest BCUT2D eigenvalue weighted by Crippen LogP contribution is 2.52. The maximum absolute atomic E-state index is 6.59. The summed E-state index contributed by atoms with van der Waals surface area (Å²) in [6, 6.07) is 10.5. The molecule has 5 rings (SSSR count). The second kappa shape index (κ2) is 6.07. The fourth-order valence-corrected chi connectivity index (χ4v) is 5.58. The molecule has 0 aromatic heterocycles. The topological polar surface area (TPSA) is 18.5 Å². The van der Waals surface area contributed by atoms with Crippen LogP contribution in [-0.2, 0) is 15.3 Å². The van der Waals surface area contributed by atoms with E-state index in [2.05, 4.69) is 61.6 Å². The molecule has 0 amide bonds. The van der Waals surface area contributed by atoms with Gasteiger partial charge in [0, 0.05) is 16.4 Å². The standard InChI is InChI=1S/C24H30O2/c1-22(21-5-3-2-4-6-21,25-17-23-11-7-19(15-23)8-12-23)26-18-24-13-9-20(16-24)10-14-24/h2-7,9,11,13,19-20H,8,10,12,14-18H2,1H3. The fraction of sp³-hybridized carbons (Fsp3) is 0.583. The lowest BCUT2D eigenvalue weighted by molar-refractivity contribution is -0.253. The van der Waals surface area contributed by atoms with Gasteiger partial charge in [-0.1, -0.05) is 54.6 Å². The van der Waals surface area contributed by atoms with Gasteiger partial charge in [-0.25, -0.2) is 0 Å². The van der Waals surface area contributed by atoms with E-state index in [1.165, 1.54) is 38.5 Å². The summed E-state index contributed by atoms with van der Waals surface area (Å²) in [6.07, 6.45) is 17.3. The minimum Gasteiger partial charge on any atom is -0.345 e. The molecule has 0 spiro atoms. The lowest BCUT2D eigenvalue weighted by Gasteiger charge is -2.37. The molecular formula is C24H30O2. The van der Waals surface area contributed by atoms with Crippen LogP contribution in [0, 0.1) is 22.7 Å². The molecule has 2 fully saturated rings. The van der Waals surface area contributed by atoms with E-state index < -0.39 is 5.79 Å². The molecule has 4 unspecified atom stereocenters. The Bertz CT molecular complexity index is 681. The fourth-order valence-electron chi connectivity index (χ4n) is 5.58. The van der Waals surface area contributed by atoms with Gasteiger partial charge in [-0.05, 0) is 57.3 Å². The molecule has 2 nitrogen and oxygen atoms in total. The summed E-state index contributed by atoms with van der Waals surface area (Å²) in [5.74, 6) is 0.884. The van der Waals surface area contributed by atoms with Crippen LogP contribution in [0.25, 0.3) is 0 Å². The first-order chi connectivity index (χ1) is 12.6. The first kappa shape index (κ1) is 16.8. The molecule has 1 aromatic rings. The lowest BCUT2D eigenvalue weighted by Crippen LogP contribution is -2.37. The Morgan fingerprint density at radius 3 is 1.81 bits per heavy atom. The largest absolute Gasteiger partial charge is 0.345 e. The van der Waals surface area contributed by atoms with Crippen LogP contribution < -0.4 is 0 Å². The third-order valence-corrected chi connectivity index (χ3v) is 7.38. The van der Waals surface area contributed by atoms with E-state index in [1.807, 2.05) is 0 Å². The number of rotatable bonds is 7. The van der Waals surface area contributed by atoms with E-state index in [1.54, 1.807) is 0 Å². The zero-order valence-electron chi connectivity index (χ0n) is 15.8. The van der Waals surface area contributed by atoms with Crippen LogP contribution in [-0.4, -0.2) is 13.2 Å². The molecule has 0 aliphatic heterocycles. The van der Waals surface area contributed by atoms with Crippen LogP contribution in [0.1, 0.15) is 51.0 Å². The number of fused-ring (bicyclic) bond motifs is 4. The molecule has 1 aromatic carbocycles. The Balaban J connectivity index is 1.33. The van der Waals surface area contributed by atoms with Crippen molar-refractivity contribution in [3.63, 3.8) is 0 Å². The lowest BCUT2D eigenvalue weighted by atomic mass is 9.88. The maximum atomic E-state index is 6.59. The number of benzene rings is 1. The van der Waals surface area contributed by atoms with Crippen LogP contribution >= 0.6 is 0 Å². The SMILES string of the molecule is CC(OCC12C=CC(CC1)C2)(OCC12C=CC(CC1)C2)c1ccccc1. The van der Waals surface area contributed by atoms with Gasteiger partial charge in [-0.2, -0.15) is 0 Å². The summed E-state index contributed by atoms with van der Waals surface area (Å²) in [6.45, 7) is 3.64. The molecule has 4 atom stereocenters. The van der Waals surface area contributed by atoms with Crippen molar-refractivity contribution in [2.45, 2.75) is 51.2 Å². The summed E-state index contributed by atoms with van der Waals surface area (Å²) in [5.41, 5.74) is 1.61.